The Kier molecular flexibility index (Phi) is 5.96. The van der Waals surface area contributed by atoms with Gasteiger partial charge >= 0.3 is 0 Å². The average molecular weight is 316 g/mol. The summed E-state index contributed by atoms with van der Waals surface area (Å²) in [6.07, 6.45) is 5.49. The van der Waals surface area contributed by atoms with E-state index in [1.807, 2.05) is 6.92 Å². The summed E-state index contributed by atoms with van der Waals surface area (Å²) >= 11 is 0. The van der Waals surface area contributed by atoms with Gasteiger partial charge in [-0.05, 0) is 75.9 Å². The molecular weight excluding hydrogens is 284 g/mol. The number of hydrogen-bond acceptors (Lipinski definition) is 3. The maximum absolute atomic E-state index is 5.52. The Morgan fingerprint density at radius 3 is 2.43 bits per heavy atom. The first-order valence-corrected chi connectivity index (χ1v) is 9.42. The lowest BCUT2D eigenvalue weighted by atomic mass is 9.95. The molecule has 1 aromatic carbocycles. The lowest BCUT2D eigenvalue weighted by Crippen LogP contribution is -2.47. The third kappa shape index (κ3) is 4.71. The molecule has 0 spiro atoms. The van der Waals surface area contributed by atoms with Crippen LogP contribution in [0.4, 0.5) is 0 Å². The van der Waals surface area contributed by atoms with Gasteiger partial charge in [0.15, 0.2) is 0 Å². The highest BCUT2D eigenvalue weighted by molar-refractivity contribution is 5.27. The molecular formula is C20H32N2O. The van der Waals surface area contributed by atoms with Gasteiger partial charge in [-0.3, -0.25) is 4.90 Å². The predicted molar refractivity (Wildman–Crippen MR) is 95.9 cm³/mol. The summed E-state index contributed by atoms with van der Waals surface area (Å²) in [5.41, 5.74) is 1.40. The highest BCUT2D eigenvalue weighted by Gasteiger charge is 2.27. The number of likely N-dealkylation sites (tertiary alicyclic amines) is 2. The van der Waals surface area contributed by atoms with Crippen LogP contribution in [0.15, 0.2) is 24.3 Å². The van der Waals surface area contributed by atoms with Crippen molar-refractivity contribution in [2.24, 2.45) is 5.92 Å². The average Bonchev–Trinajstić information content (AvgIpc) is 2.58. The van der Waals surface area contributed by atoms with Gasteiger partial charge in [0.25, 0.3) is 0 Å². The Hall–Kier alpha value is -1.06. The summed E-state index contributed by atoms with van der Waals surface area (Å²) in [6.45, 7) is 11.4. The van der Waals surface area contributed by atoms with E-state index in [1.165, 1.54) is 57.4 Å². The Morgan fingerprint density at radius 2 is 1.78 bits per heavy atom. The van der Waals surface area contributed by atoms with Gasteiger partial charge < -0.3 is 9.64 Å². The molecule has 23 heavy (non-hydrogen) atoms. The first kappa shape index (κ1) is 16.8. The first-order chi connectivity index (χ1) is 11.2. The lowest BCUT2D eigenvalue weighted by molar-refractivity contribution is 0.0729. The maximum atomic E-state index is 5.52. The predicted octanol–water partition coefficient (Wildman–Crippen LogP) is 3.78. The quantitative estimate of drug-likeness (QED) is 0.822. The van der Waals surface area contributed by atoms with Crippen molar-refractivity contribution in [1.82, 2.24) is 9.80 Å². The van der Waals surface area contributed by atoms with Gasteiger partial charge in [-0.1, -0.05) is 19.1 Å². The first-order valence-electron chi connectivity index (χ1n) is 9.42. The highest BCUT2D eigenvalue weighted by atomic mass is 16.5. The third-order valence-corrected chi connectivity index (χ3v) is 5.40. The Labute approximate surface area is 141 Å². The minimum Gasteiger partial charge on any atom is -0.494 e. The summed E-state index contributed by atoms with van der Waals surface area (Å²) in [4.78, 5) is 5.38. The fourth-order valence-electron chi connectivity index (χ4n) is 4.12. The maximum Gasteiger partial charge on any atom is 0.119 e. The van der Waals surface area contributed by atoms with Crippen molar-refractivity contribution < 1.29 is 4.74 Å². The summed E-state index contributed by atoms with van der Waals surface area (Å²) < 4.78 is 5.52. The molecule has 0 bridgehead atoms. The zero-order valence-electron chi connectivity index (χ0n) is 14.8. The van der Waals surface area contributed by atoms with Crippen molar-refractivity contribution in [3.05, 3.63) is 29.8 Å². The zero-order chi connectivity index (χ0) is 16.1. The standard InChI is InChI=1S/C20H32N2O/c1-3-23-20-8-6-18(7-9-20)16-21-13-10-19(11-14-21)22-12-4-5-17(2)15-22/h6-9,17,19H,3-5,10-16H2,1-2H3/t17-/m1/s1. The van der Waals surface area contributed by atoms with Crippen LogP contribution in [0.3, 0.4) is 0 Å². The molecule has 3 nitrogen and oxygen atoms in total. The van der Waals surface area contributed by atoms with E-state index in [2.05, 4.69) is 41.0 Å². The summed E-state index contributed by atoms with van der Waals surface area (Å²) in [5, 5.41) is 0. The number of piperidine rings is 2. The van der Waals surface area contributed by atoms with Gasteiger partial charge in [0.1, 0.15) is 5.75 Å². The molecule has 1 atom stereocenters. The number of rotatable bonds is 5. The van der Waals surface area contributed by atoms with Crippen LogP contribution in [0.1, 0.15) is 45.1 Å². The second-order valence-electron chi connectivity index (χ2n) is 7.33. The number of hydrogen-bond donors (Lipinski definition) is 0. The molecule has 0 amide bonds. The molecule has 2 fully saturated rings. The Bertz CT molecular complexity index is 465. The SMILES string of the molecule is CCOc1ccc(CN2CCC(N3CCC[C@@H](C)C3)CC2)cc1. The minimum absolute atomic E-state index is 0.738. The van der Waals surface area contributed by atoms with Crippen molar-refractivity contribution in [2.75, 3.05) is 32.8 Å². The fourth-order valence-corrected chi connectivity index (χ4v) is 4.12. The molecule has 0 unspecified atom stereocenters. The Morgan fingerprint density at radius 1 is 1.04 bits per heavy atom. The highest BCUT2D eigenvalue weighted by Crippen LogP contribution is 2.24. The summed E-state index contributed by atoms with van der Waals surface area (Å²) in [5.74, 6) is 1.87. The van der Waals surface area contributed by atoms with Crippen molar-refractivity contribution in [2.45, 2.75) is 52.1 Å². The van der Waals surface area contributed by atoms with E-state index in [0.29, 0.717) is 0 Å². The van der Waals surface area contributed by atoms with E-state index in [9.17, 15) is 0 Å². The van der Waals surface area contributed by atoms with Crippen molar-refractivity contribution in [1.29, 1.82) is 0 Å². The smallest absolute Gasteiger partial charge is 0.119 e. The third-order valence-electron chi connectivity index (χ3n) is 5.40. The van der Waals surface area contributed by atoms with E-state index in [4.69, 9.17) is 4.74 Å². The fraction of sp³-hybridized carbons (Fsp3) is 0.700. The van der Waals surface area contributed by atoms with Gasteiger partial charge in [-0.25, -0.2) is 0 Å². The largest absolute Gasteiger partial charge is 0.494 e. The van der Waals surface area contributed by atoms with Crippen LogP contribution >= 0.6 is 0 Å². The van der Waals surface area contributed by atoms with Crippen LogP contribution in [-0.2, 0) is 6.54 Å². The van der Waals surface area contributed by atoms with Crippen LogP contribution in [0.25, 0.3) is 0 Å². The number of ether oxygens (including phenoxy) is 1. The van der Waals surface area contributed by atoms with Gasteiger partial charge in [0.05, 0.1) is 6.61 Å². The van der Waals surface area contributed by atoms with E-state index >= 15 is 0 Å². The van der Waals surface area contributed by atoms with Gasteiger partial charge in [-0.15, -0.1) is 0 Å². The van der Waals surface area contributed by atoms with Crippen LogP contribution < -0.4 is 4.74 Å². The zero-order valence-corrected chi connectivity index (χ0v) is 14.8. The van der Waals surface area contributed by atoms with Gasteiger partial charge in [0.2, 0.25) is 0 Å². The molecule has 0 saturated carbocycles. The number of nitrogens with zero attached hydrogens (tertiary/aromatic N) is 2. The molecule has 0 radical (unpaired) electrons. The summed E-state index contributed by atoms with van der Waals surface area (Å²) in [7, 11) is 0. The lowest BCUT2D eigenvalue weighted by Gasteiger charge is -2.41. The monoisotopic (exact) mass is 316 g/mol. The Balaban J connectivity index is 1.45. The normalized spacial score (nSPS) is 24.7. The van der Waals surface area contributed by atoms with E-state index < -0.39 is 0 Å². The molecule has 2 aliphatic rings. The van der Waals surface area contributed by atoms with Crippen LogP contribution in [0.2, 0.25) is 0 Å². The molecule has 2 saturated heterocycles. The van der Waals surface area contributed by atoms with Crippen LogP contribution in [0.5, 0.6) is 5.75 Å². The van der Waals surface area contributed by atoms with E-state index in [-0.39, 0.29) is 0 Å². The molecule has 128 valence electrons. The van der Waals surface area contributed by atoms with Gasteiger partial charge in [0, 0.05) is 19.1 Å². The van der Waals surface area contributed by atoms with Crippen molar-refractivity contribution in [3.8, 4) is 5.75 Å². The molecule has 0 aromatic heterocycles. The molecule has 2 aliphatic heterocycles. The van der Waals surface area contributed by atoms with Crippen molar-refractivity contribution >= 4 is 0 Å². The van der Waals surface area contributed by atoms with E-state index in [0.717, 1.165) is 30.9 Å². The van der Waals surface area contributed by atoms with Crippen LogP contribution in [0, 0.1) is 5.92 Å². The van der Waals surface area contributed by atoms with E-state index in [1.54, 1.807) is 0 Å². The molecule has 0 aliphatic carbocycles. The molecule has 0 N–H and O–H groups in total. The topological polar surface area (TPSA) is 15.7 Å². The molecule has 1 aromatic rings. The van der Waals surface area contributed by atoms with Gasteiger partial charge in [-0.2, -0.15) is 0 Å². The molecule has 3 rings (SSSR count). The summed E-state index contributed by atoms with van der Waals surface area (Å²) in [6, 6.07) is 9.45. The number of benzene rings is 1. The van der Waals surface area contributed by atoms with Crippen molar-refractivity contribution in [3.63, 3.8) is 0 Å². The molecule has 2 heterocycles. The second kappa shape index (κ2) is 8.16. The molecule has 3 heteroatoms. The second-order valence-corrected chi connectivity index (χ2v) is 7.33. The van der Waals surface area contributed by atoms with Crippen LogP contribution in [-0.4, -0.2) is 48.6 Å². The minimum atomic E-state index is 0.738.